The summed E-state index contributed by atoms with van der Waals surface area (Å²) in [4.78, 5) is 9.79. The van der Waals surface area contributed by atoms with Crippen molar-refractivity contribution in [1.82, 2.24) is 0 Å². The van der Waals surface area contributed by atoms with E-state index in [2.05, 4.69) is 4.74 Å². The second-order valence-electron chi connectivity index (χ2n) is 1.79. The van der Waals surface area contributed by atoms with Crippen LogP contribution in [0.25, 0.3) is 0 Å². The van der Waals surface area contributed by atoms with Gasteiger partial charge in [-0.15, -0.1) is 0 Å². The summed E-state index contributed by atoms with van der Waals surface area (Å²) in [5, 5.41) is 0.265. The van der Waals surface area contributed by atoms with Gasteiger partial charge in [-0.25, -0.2) is 4.39 Å². The molecule has 0 atom stereocenters. The summed E-state index contributed by atoms with van der Waals surface area (Å²) in [5.41, 5.74) is 0. The lowest BCUT2D eigenvalue weighted by atomic mass is 10.3. The number of carbonyl (C=O) groups is 1. The summed E-state index contributed by atoms with van der Waals surface area (Å²) in [7, 11) is 0. The Hall–Kier alpha value is -1.09. The maximum Gasteiger partial charge on any atom is 0.298 e. The zero-order chi connectivity index (χ0) is 8.27. The molecule has 4 heteroatoms. The summed E-state index contributed by atoms with van der Waals surface area (Å²) in [5.74, 6) is -0.769. The van der Waals surface area contributed by atoms with E-state index >= 15 is 0 Å². The van der Waals surface area contributed by atoms with Gasteiger partial charge < -0.3 is 4.74 Å². The lowest BCUT2D eigenvalue weighted by Crippen LogP contribution is -1.91. The molecule has 1 rings (SSSR count). The number of benzene rings is 1. The van der Waals surface area contributed by atoms with E-state index in [0.717, 1.165) is 6.07 Å². The van der Waals surface area contributed by atoms with E-state index in [0.29, 0.717) is 0 Å². The smallest absolute Gasteiger partial charge is 0.298 e. The van der Waals surface area contributed by atoms with Crippen LogP contribution in [0.2, 0.25) is 5.02 Å². The molecule has 0 aromatic heterocycles. The van der Waals surface area contributed by atoms with E-state index in [4.69, 9.17) is 11.6 Å². The van der Waals surface area contributed by atoms with Gasteiger partial charge in [0, 0.05) is 5.02 Å². The number of hydrogen-bond acceptors (Lipinski definition) is 2. The minimum Gasteiger partial charge on any atom is -0.426 e. The molecule has 2 nitrogen and oxygen atoms in total. The molecular formula is C7H4ClFO2. The van der Waals surface area contributed by atoms with Crippen LogP contribution in [0.3, 0.4) is 0 Å². The minimum absolute atomic E-state index is 0.121. The number of rotatable bonds is 2. The van der Waals surface area contributed by atoms with E-state index in [9.17, 15) is 9.18 Å². The van der Waals surface area contributed by atoms with Gasteiger partial charge in [-0.2, -0.15) is 0 Å². The molecule has 0 aliphatic rings. The number of ether oxygens (including phenoxy) is 1. The molecule has 0 N–H and O–H groups in total. The molecule has 0 saturated heterocycles. The fraction of sp³-hybridized carbons (Fsp3) is 0. The van der Waals surface area contributed by atoms with Crippen LogP contribution in [-0.4, -0.2) is 6.47 Å². The normalized spacial score (nSPS) is 9.27. The third-order valence-electron chi connectivity index (χ3n) is 1.07. The first-order chi connectivity index (χ1) is 5.24. The van der Waals surface area contributed by atoms with Gasteiger partial charge in [-0.1, -0.05) is 11.6 Å². The van der Waals surface area contributed by atoms with Crippen molar-refractivity contribution in [1.29, 1.82) is 0 Å². The maximum atomic E-state index is 12.7. The molecule has 1 aromatic carbocycles. The quantitative estimate of drug-likeness (QED) is 0.642. The van der Waals surface area contributed by atoms with Gasteiger partial charge in [0.05, 0.1) is 0 Å². The standard InChI is InChI=1S/C7H4ClFO2/c8-5-1-2-7(11-4-10)6(9)3-5/h1-4H. The zero-order valence-electron chi connectivity index (χ0n) is 5.38. The highest BCUT2D eigenvalue weighted by molar-refractivity contribution is 6.30. The molecule has 0 fully saturated rings. The van der Waals surface area contributed by atoms with Gasteiger partial charge in [-0.05, 0) is 18.2 Å². The second kappa shape index (κ2) is 3.34. The lowest BCUT2D eigenvalue weighted by Gasteiger charge is -1.98. The highest BCUT2D eigenvalue weighted by atomic mass is 35.5. The molecule has 1 aromatic rings. The Balaban J connectivity index is 2.98. The van der Waals surface area contributed by atoms with Gasteiger partial charge in [0.25, 0.3) is 6.47 Å². The molecule has 11 heavy (non-hydrogen) atoms. The van der Waals surface area contributed by atoms with Crippen LogP contribution in [0.15, 0.2) is 18.2 Å². The van der Waals surface area contributed by atoms with E-state index < -0.39 is 5.82 Å². The Labute approximate surface area is 67.5 Å². The molecule has 0 unspecified atom stereocenters. The summed E-state index contributed by atoms with van der Waals surface area (Å²) in [6.45, 7) is 0.159. The van der Waals surface area contributed by atoms with E-state index in [-0.39, 0.29) is 17.2 Å². The van der Waals surface area contributed by atoms with Crippen molar-refractivity contribution in [2.24, 2.45) is 0 Å². The van der Waals surface area contributed by atoms with Gasteiger partial charge in [0.1, 0.15) is 0 Å². The van der Waals surface area contributed by atoms with Crippen molar-refractivity contribution in [3.63, 3.8) is 0 Å². The molecule has 0 saturated carbocycles. The Morgan fingerprint density at radius 1 is 1.55 bits per heavy atom. The highest BCUT2D eigenvalue weighted by Crippen LogP contribution is 2.20. The van der Waals surface area contributed by atoms with Gasteiger partial charge in [-0.3, -0.25) is 4.79 Å². The first-order valence-electron chi connectivity index (χ1n) is 2.79. The van der Waals surface area contributed by atoms with E-state index in [1.807, 2.05) is 0 Å². The number of halogens is 2. The van der Waals surface area contributed by atoms with Crippen LogP contribution in [-0.2, 0) is 4.79 Å². The Bertz CT molecular complexity index is 275. The van der Waals surface area contributed by atoms with Gasteiger partial charge in [0.2, 0.25) is 0 Å². The maximum absolute atomic E-state index is 12.7. The molecule has 0 aliphatic carbocycles. The summed E-state index contributed by atoms with van der Waals surface area (Å²) in [6.07, 6.45) is 0. The Kier molecular flexibility index (Phi) is 2.44. The number of hydrogen-bond donors (Lipinski definition) is 0. The third-order valence-corrected chi connectivity index (χ3v) is 1.30. The monoisotopic (exact) mass is 174 g/mol. The number of carbonyl (C=O) groups excluding carboxylic acids is 1. The SMILES string of the molecule is O=COc1ccc(Cl)cc1F. The molecule has 0 spiro atoms. The van der Waals surface area contributed by atoms with Crippen LogP contribution < -0.4 is 4.74 Å². The van der Waals surface area contributed by atoms with Crippen LogP contribution in [0.1, 0.15) is 0 Å². The predicted octanol–water partition coefficient (Wildman–Crippen LogP) is 2.01. The fourth-order valence-corrected chi connectivity index (χ4v) is 0.781. The summed E-state index contributed by atoms with van der Waals surface area (Å²) >= 11 is 5.43. The van der Waals surface area contributed by atoms with Crippen LogP contribution >= 0.6 is 11.6 Å². The van der Waals surface area contributed by atoms with Crippen molar-refractivity contribution in [2.45, 2.75) is 0 Å². The molecule has 0 amide bonds. The molecule has 0 heterocycles. The van der Waals surface area contributed by atoms with Crippen molar-refractivity contribution in [3.8, 4) is 5.75 Å². The molecule has 0 radical (unpaired) electrons. The van der Waals surface area contributed by atoms with Crippen LogP contribution in [0, 0.1) is 5.82 Å². The molecule has 58 valence electrons. The lowest BCUT2D eigenvalue weighted by molar-refractivity contribution is -0.120. The summed E-state index contributed by atoms with van der Waals surface area (Å²) < 4.78 is 16.9. The molecular weight excluding hydrogens is 171 g/mol. The van der Waals surface area contributed by atoms with Crippen LogP contribution in [0.4, 0.5) is 4.39 Å². The molecule has 0 bridgehead atoms. The Morgan fingerprint density at radius 3 is 2.82 bits per heavy atom. The first kappa shape index (κ1) is 8.01. The minimum atomic E-state index is -0.649. The highest BCUT2D eigenvalue weighted by Gasteiger charge is 2.02. The van der Waals surface area contributed by atoms with Crippen molar-refractivity contribution in [2.75, 3.05) is 0 Å². The fourth-order valence-electron chi connectivity index (χ4n) is 0.623. The average molecular weight is 175 g/mol. The van der Waals surface area contributed by atoms with Crippen molar-refractivity contribution < 1.29 is 13.9 Å². The second-order valence-corrected chi connectivity index (χ2v) is 2.23. The van der Waals surface area contributed by atoms with Gasteiger partial charge >= 0.3 is 0 Å². The van der Waals surface area contributed by atoms with Gasteiger partial charge in [0.15, 0.2) is 11.6 Å². The Morgan fingerprint density at radius 2 is 2.27 bits per heavy atom. The predicted molar refractivity (Wildman–Crippen MR) is 38.1 cm³/mol. The third kappa shape index (κ3) is 1.91. The van der Waals surface area contributed by atoms with Crippen molar-refractivity contribution in [3.05, 3.63) is 29.0 Å². The summed E-state index contributed by atoms with van der Waals surface area (Å²) in [6, 6.07) is 3.79. The molecule has 0 aliphatic heterocycles. The first-order valence-corrected chi connectivity index (χ1v) is 3.17. The van der Waals surface area contributed by atoms with E-state index in [1.54, 1.807) is 0 Å². The topological polar surface area (TPSA) is 26.3 Å². The van der Waals surface area contributed by atoms with Crippen molar-refractivity contribution >= 4 is 18.1 Å². The average Bonchev–Trinajstić information content (AvgIpc) is 1.95. The zero-order valence-corrected chi connectivity index (χ0v) is 6.14. The van der Waals surface area contributed by atoms with Crippen LogP contribution in [0.5, 0.6) is 5.75 Å². The largest absolute Gasteiger partial charge is 0.426 e. The van der Waals surface area contributed by atoms with E-state index in [1.165, 1.54) is 12.1 Å².